The van der Waals surface area contributed by atoms with Crippen LogP contribution in [0.4, 0.5) is 0 Å². The van der Waals surface area contributed by atoms with Crippen LogP contribution in [0.1, 0.15) is 32.6 Å². The van der Waals surface area contributed by atoms with Gasteiger partial charge in [-0.15, -0.1) is 0 Å². The summed E-state index contributed by atoms with van der Waals surface area (Å²) in [5, 5.41) is -0.472. The molecule has 6 heteroatoms. The van der Waals surface area contributed by atoms with E-state index in [0.29, 0.717) is 19.6 Å². The standard InChI is InChI=1S/C11H24N2O3S/c1-3-10(8-12)17(14,15)13-9-11(4-5-11)6-7-16-2/h10,13H,3-9,12H2,1-2H3. The molecule has 102 valence electrons. The highest BCUT2D eigenvalue weighted by molar-refractivity contribution is 7.90. The van der Waals surface area contributed by atoms with Crippen molar-refractivity contribution < 1.29 is 13.2 Å². The maximum atomic E-state index is 11.9. The van der Waals surface area contributed by atoms with Gasteiger partial charge >= 0.3 is 0 Å². The topological polar surface area (TPSA) is 81.4 Å². The van der Waals surface area contributed by atoms with E-state index in [-0.39, 0.29) is 12.0 Å². The lowest BCUT2D eigenvalue weighted by Gasteiger charge is -2.19. The van der Waals surface area contributed by atoms with Gasteiger partial charge in [-0.2, -0.15) is 0 Å². The molecule has 1 unspecified atom stereocenters. The average molecular weight is 264 g/mol. The van der Waals surface area contributed by atoms with Gasteiger partial charge in [-0.25, -0.2) is 13.1 Å². The van der Waals surface area contributed by atoms with Gasteiger partial charge in [0.25, 0.3) is 0 Å². The normalized spacial score (nSPS) is 20.2. The number of rotatable bonds is 9. The van der Waals surface area contributed by atoms with Gasteiger partial charge in [-0.3, -0.25) is 0 Å². The molecule has 1 atom stereocenters. The van der Waals surface area contributed by atoms with E-state index in [1.165, 1.54) is 0 Å². The summed E-state index contributed by atoms with van der Waals surface area (Å²) in [5.41, 5.74) is 5.60. The third kappa shape index (κ3) is 4.21. The zero-order chi connectivity index (χ0) is 12.9. The van der Waals surface area contributed by atoms with Crippen molar-refractivity contribution >= 4 is 10.0 Å². The second-order valence-corrected chi connectivity index (χ2v) is 6.92. The summed E-state index contributed by atoms with van der Waals surface area (Å²) in [5.74, 6) is 0. The Hall–Kier alpha value is -0.170. The quantitative estimate of drug-likeness (QED) is 0.634. The molecule has 0 heterocycles. The number of sulfonamides is 1. The maximum absolute atomic E-state index is 11.9. The number of nitrogens with two attached hydrogens (primary N) is 1. The molecule has 5 nitrogen and oxygen atoms in total. The molecule has 1 saturated carbocycles. The highest BCUT2D eigenvalue weighted by Gasteiger charge is 2.43. The smallest absolute Gasteiger partial charge is 0.215 e. The summed E-state index contributed by atoms with van der Waals surface area (Å²) in [6.45, 7) is 3.23. The molecule has 0 aromatic heterocycles. The molecular weight excluding hydrogens is 240 g/mol. The number of methoxy groups -OCH3 is 1. The first-order chi connectivity index (χ1) is 7.99. The first kappa shape index (κ1) is 14.9. The lowest BCUT2D eigenvalue weighted by atomic mass is 10.0. The van der Waals surface area contributed by atoms with Crippen LogP contribution in [0.3, 0.4) is 0 Å². The van der Waals surface area contributed by atoms with Crippen LogP contribution in [0.15, 0.2) is 0 Å². The van der Waals surface area contributed by atoms with Crippen molar-refractivity contribution in [2.45, 2.75) is 37.9 Å². The molecule has 1 aliphatic rings. The van der Waals surface area contributed by atoms with Crippen LogP contribution in [0.2, 0.25) is 0 Å². The summed E-state index contributed by atoms with van der Waals surface area (Å²) < 4.78 is 31.6. The van der Waals surface area contributed by atoms with E-state index in [9.17, 15) is 8.42 Å². The van der Waals surface area contributed by atoms with E-state index in [1.807, 2.05) is 6.92 Å². The monoisotopic (exact) mass is 264 g/mol. The van der Waals surface area contributed by atoms with Gasteiger partial charge < -0.3 is 10.5 Å². The molecule has 1 fully saturated rings. The van der Waals surface area contributed by atoms with Crippen molar-refractivity contribution in [1.82, 2.24) is 4.72 Å². The lowest BCUT2D eigenvalue weighted by Crippen LogP contribution is -2.41. The maximum Gasteiger partial charge on any atom is 0.215 e. The summed E-state index contributed by atoms with van der Waals surface area (Å²) in [4.78, 5) is 0. The van der Waals surface area contributed by atoms with Gasteiger partial charge in [0.2, 0.25) is 10.0 Å². The Morgan fingerprint density at radius 2 is 2.12 bits per heavy atom. The van der Waals surface area contributed by atoms with Crippen LogP contribution in [-0.2, 0) is 14.8 Å². The third-order valence-corrected chi connectivity index (χ3v) is 5.55. The molecule has 0 amide bonds. The van der Waals surface area contributed by atoms with E-state index in [4.69, 9.17) is 10.5 Å². The summed E-state index contributed by atoms with van der Waals surface area (Å²) >= 11 is 0. The lowest BCUT2D eigenvalue weighted by molar-refractivity contribution is 0.173. The molecule has 0 aromatic carbocycles. The summed E-state index contributed by atoms with van der Waals surface area (Å²) in [6.07, 6.45) is 3.64. The van der Waals surface area contributed by atoms with Crippen LogP contribution >= 0.6 is 0 Å². The molecular formula is C11H24N2O3S. The van der Waals surface area contributed by atoms with E-state index >= 15 is 0 Å². The minimum atomic E-state index is -3.26. The van der Waals surface area contributed by atoms with E-state index in [2.05, 4.69) is 4.72 Å². The van der Waals surface area contributed by atoms with Gasteiger partial charge in [0.05, 0.1) is 5.25 Å². The third-order valence-electron chi connectivity index (χ3n) is 3.60. The number of nitrogens with one attached hydrogen (secondary N) is 1. The van der Waals surface area contributed by atoms with Crippen LogP contribution in [-0.4, -0.2) is 40.5 Å². The minimum absolute atomic E-state index is 0.135. The van der Waals surface area contributed by atoms with E-state index < -0.39 is 15.3 Å². The molecule has 0 aliphatic heterocycles. The van der Waals surface area contributed by atoms with Crippen LogP contribution < -0.4 is 10.5 Å². The van der Waals surface area contributed by atoms with E-state index in [0.717, 1.165) is 19.3 Å². The highest BCUT2D eigenvalue weighted by atomic mass is 32.2. The Bertz CT molecular complexity index is 322. The van der Waals surface area contributed by atoms with Crippen molar-refractivity contribution in [3.63, 3.8) is 0 Å². The van der Waals surface area contributed by atoms with Crippen LogP contribution in [0.5, 0.6) is 0 Å². The van der Waals surface area contributed by atoms with Crippen molar-refractivity contribution in [1.29, 1.82) is 0 Å². The molecule has 0 radical (unpaired) electrons. The number of hydrogen-bond donors (Lipinski definition) is 2. The largest absolute Gasteiger partial charge is 0.385 e. The molecule has 17 heavy (non-hydrogen) atoms. The van der Waals surface area contributed by atoms with Crippen molar-refractivity contribution in [3.05, 3.63) is 0 Å². The Labute approximate surface area is 104 Å². The van der Waals surface area contributed by atoms with Crippen molar-refractivity contribution in [3.8, 4) is 0 Å². The average Bonchev–Trinajstić information content (AvgIpc) is 3.06. The highest BCUT2D eigenvalue weighted by Crippen LogP contribution is 2.48. The van der Waals surface area contributed by atoms with E-state index in [1.54, 1.807) is 7.11 Å². The zero-order valence-electron chi connectivity index (χ0n) is 10.7. The molecule has 0 spiro atoms. The van der Waals surface area contributed by atoms with Gasteiger partial charge in [0.1, 0.15) is 0 Å². The second-order valence-electron chi connectivity index (χ2n) is 4.87. The van der Waals surface area contributed by atoms with Crippen molar-refractivity contribution in [2.75, 3.05) is 26.8 Å². The number of hydrogen-bond acceptors (Lipinski definition) is 4. The van der Waals surface area contributed by atoms with Gasteiger partial charge in [0.15, 0.2) is 0 Å². The fourth-order valence-electron chi connectivity index (χ4n) is 1.89. The molecule has 0 aromatic rings. The number of ether oxygens (including phenoxy) is 1. The first-order valence-corrected chi connectivity index (χ1v) is 7.72. The van der Waals surface area contributed by atoms with Gasteiger partial charge in [-0.1, -0.05) is 6.92 Å². The summed E-state index contributed by atoms with van der Waals surface area (Å²) in [7, 11) is -1.59. The molecule has 1 rings (SSSR count). The Morgan fingerprint density at radius 1 is 1.47 bits per heavy atom. The van der Waals surface area contributed by atoms with Crippen molar-refractivity contribution in [2.24, 2.45) is 11.1 Å². The van der Waals surface area contributed by atoms with Gasteiger partial charge in [-0.05, 0) is 31.1 Å². The molecule has 3 N–H and O–H groups in total. The van der Waals surface area contributed by atoms with Crippen LogP contribution in [0.25, 0.3) is 0 Å². The first-order valence-electron chi connectivity index (χ1n) is 6.17. The Morgan fingerprint density at radius 3 is 2.53 bits per heavy atom. The SMILES string of the molecule is CCC(CN)S(=O)(=O)NCC1(CCOC)CC1. The minimum Gasteiger partial charge on any atom is -0.385 e. The Balaban J connectivity index is 2.44. The van der Waals surface area contributed by atoms with Gasteiger partial charge in [0, 0.05) is 26.8 Å². The second kappa shape index (κ2) is 6.13. The predicted molar refractivity (Wildman–Crippen MR) is 68.2 cm³/mol. The molecule has 0 bridgehead atoms. The summed E-state index contributed by atoms with van der Waals surface area (Å²) in [6, 6.07) is 0. The Kier molecular flexibility index (Phi) is 5.37. The predicted octanol–water partition coefficient (Wildman–Crippen LogP) is 0.460. The molecule has 0 saturated heterocycles. The fraction of sp³-hybridized carbons (Fsp3) is 1.00. The van der Waals surface area contributed by atoms with Crippen LogP contribution in [0, 0.1) is 5.41 Å². The molecule has 1 aliphatic carbocycles. The zero-order valence-corrected chi connectivity index (χ0v) is 11.6. The fourth-order valence-corrected chi connectivity index (χ4v) is 3.33.